The summed E-state index contributed by atoms with van der Waals surface area (Å²) in [6.07, 6.45) is 2.17. The molecule has 0 spiro atoms. The van der Waals surface area contributed by atoms with Crippen LogP contribution >= 0.6 is 0 Å². The fraction of sp³-hybridized carbons (Fsp3) is 0.250. The molecule has 126 valence electrons. The Labute approximate surface area is 138 Å². The monoisotopic (exact) mass is 330 g/mol. The Morgan fingerprint density at radius 3 is 2.38 bits per heavy atom. The second-order valence-electron chi connectivity index (χ2n) is 5.09. The number of hydrogen-bond donors (Lipinski definition) is 3. The van der Waals surface area contributed by atoms with Crippen LogP contribution in [0, 0.1) is 0 Å². The van der Waals surface area contributed by atoms with Gasteiger partial charge in [-0.15, -0.1) is 0 Å². The maximum absolute atomic E-state index is 12.2. The van der Waals surface area contributed by atoms with Gasteiger partial charge in [0.2, 0.25) is 0 Å². The van der Waals surface area contributed by atoms with Crippen molar-refractivity contribution in [2.75, 3.05) is 24.4 Å². The molecule has 0 aliphatic rings. The summed E-state index contributed by atoms with van der Waals surface area (Å²) in [6.45, 7) is 2.47. The number of carbonyl (C=O) groups is 2. The molecule has 0 saturated carbocycles. The van der Waals surface area contributed by atoms with Crippen LogP contribution in [-0.4, -0.2) is 46.7 Å². The first-order valence-electron chi connectivity index (χ1n) is 7.22. The Morgan fingerprint density at radius 1 is 1.17 bits per heavy atom. The van der Waals surface area contributed by atoms with Gasteiger partial charge in [0.1, 0.15) is 5.69 Å². The Morgan fingerprint density at radius 2 is 1.79 bits per heavy atom. The molecule has 1 aromatic carbocycles. The van der Waals surface area contributed by atoms with E-state index in [9.17, 15) is 9.59 Å². The molecule has 1 aromatic heterocycles. The van der Waals surface area contributed by atoms with Crippen molar-refractivity contribution in [3.63, 3.8) is 0 Å². The molecule has 0 aliphatic heterocycles. The fourth-order valence-corrected chi connectivity index (χ4v) is 2.02. The molecule has 0 radical (unpaired) electrons. The van der Waals surface area contributed by atoms with Crippen LogP contribution in [0.3, 0.4) is 0 Å². The SMILES string of the molecule is COCC(C)Nc1ccccc1NC(=O)c1cnc(C(=O)O)cn1. The number of methoxy groups -OCH3 is 1. The van der Waals surface area contributed by atoms with Gasteiger partial charge in [0, 0.05) is 13.2 Å². The average Bonchev–Trinajstić information content (AvgIpc) is 2.57. The van der Waals surface area contributed by atoms with Gasteiger partial charge >= 0.3 is 5.97 Å². The van der Waals surface area contributed by atoms with Crippen LogP contribution in [0.25, 0.3) is 0 Å². The number of anilines is 2. The number of carboxylic acids is 1. The largest absolute Gasteiger partial charge is 0.476 e. The fourth-order valence-electron chi connectivity index (χ4n) is 2.02. The Kier molecular flexibility index (Phi) is 5.80. The summed E-state index contributed by atoms with van der Waals surface area (Å²) in [5.74, 6) is -1.68. The molecule has 2 rings (SSSR count). The van der Waals surface area contributed by atoms with Crippen LogP contribution in [0.1, 0.15) is 27.9 Å². The van der Waals surface area contributed by atoms with E-state index in [1.54, 1.807) is 19.2 Å². The molecule has 1 heterocycles. The smallest absolute Gasteiger partial charge is 0.356 e. The first-order valence-corrected chi connectivity index (χ1v) is 7.22. The number of benzene rings is 1. The van der Waals surface area contributed by atoms with Crippen molar-refractivity contribution in [1.82, 2.24) is 9.97 Å². The molecule has 1 unspecified atom stereocenters. The van der Waals surface area contributed by atoms with Crippen LogP contribution < -0.4 is 10.6 Å². The number of carboxylic acid groups (broad SMARTS) is 1. The lowest BCUT2D eigenvalue weighted by Crippen LogP contribution is -2.22. The molecule has 2 aromatic rings. The van der Waals surface area contributed by atoms with E-state index < -0.39 is 11.9 Å². The lowest BCUT2D eigenvalue weighted by Gasteiger charge is -2.17. The van der Waals surface area contributed by atoms with Crippen LogP contribution in [0.4, 0.5) is 11.4 Å². The van der Waals surface area contributed by atoms with Crippen molar-refractivity contribution in [3.8, 4) is 0 Å². The molecule has 0 bridgehead atoms. The average molecular weight is 330 g/mol. The van der Waals surface area contributed by atoms with Crippen molar-refractivity contribution in [2.24, 2.45) is 0 Å². The first kappa shape index (κ1) is 17.4. The molecular formula is C16H18N4O4. The third-order valence-electron chi connectivity index (χ3n) is 3.10. The number of amides is 1. The summed E-state index contributed by atoms with van der Waals surface area (Å²) in [5.41, 5.74) is 1.13. The van der Waals surface area contributed by atoms with Gasteiger partial charge in [0.15, 0.2) is 5.69 Å². The van der Waals surface area contributed by atoms with Crippen molar-refractivity contribution in [3.05, 3.63) is 48.0 Å². The standard InChI is InChI=1S/C16H18N4O4/c1-10(9-24-2)19-11-5-3-4-6-12(11)20-15(21)13-7-18-14(8-17-13)16(22)23/h3-8,10,19H,9H2,1-2H3,(H,20,21)(H,22,23). The number of ether oxygens (including phenoxy) is 1. The van der Waals surface area contributed by atoms with Crippen LogP contribution in [0.2, 0.25) is 0 Å². The highest BCUT2D eigenvalue weighted by Gasteiger charge is 2.13. The van der Waals surface area contributed by atoms with Gasteiger partial charge in [-0.05, 0) is 19.1 Å². The first-order chi connectivity index (χ1) is 11.5. The van der Waals surface area contributed by atoms with E-state index in [0.29, 0.717) is 12.3 Å². The Bertz CT molecular complexity index is 718. The molecule has 0 aliphatic carbocycles. The Hall–Kier alpha value is -3.00. The Balaban J connectivity index is 2.12. The number of nitrogens with one attached hydrogen (secondary N) is 2. The molecule has 0 saturated heterocycles. The highest BCUT2D eigenvalue weighted by molar-refractivity contribution is 6.04. The normalized spacial score (nSPS) is 11.6. The molecule has 3 N–H and O–H groups in total. The maximum Gasteiger partial charge on any atom is 0.356 e. The van der Waals surface area contributed by atoms with E-state index in [0.717, 1.165) is 18.1 Å². The van der Waals surface area contributed by atoms with E-state index in [4.69, 9.17) is 9.84 Å². The highest BCUT2D eigenvalue weighted by atomic mass is 16.5. The number of rotatable bonds is 7. The highest BCUT2D eigenvalue weighted by Crippen LogP contribution is 2.22. The van der Waals surface area contributed by atoms with Gasteiger partial charge in [-0.2, -0.15) is 0 Å². The van der Waals surface area contributed by atoms with Crippen LogP contribution in [0.5, 0.6) is 0 Å². The van der Waals surface area contributed by atoms with Gasteiger partial charge in [-0.1, -0.05) is 12.1 Å². The van der Waals surface area contributed by atoms with E-state index in [1.807, 2.05) is 19.1 Å². The molecule has 0 fully saturated rings. The van der Waals surface area contributed by atoms with Crippen molar-refractivity contribution in [2.45, 2.75) is 13.0 Å². The second kappa shape index (κ2) is 8.02. The van der Waals surface area contributed by atoms with Gasteiger partial charge in [0.05, 0.1) is 30.4 Å². The van der Waals surface area contributed by atoms with E-state index in [1.165, 1.54) is 0 Å². The van der Waals surface area contributed by atoms with Crippen molar-refractivity contribution in [1.29, 1.82) is 0 Å². The third kappa shape index (κ3) is 4.50. The number of carbonyl (C=O) groups excluding carboxylic acids is 1. The molecular weight excluding hydrogens is 312 g/mol. The molecule has 1 atom stereocenters. The number of aromatic nitrogens is 2. The number of para-hydroxylation sites is 2. The zero-order valence-electron chi connectivity index (χ0n) is 13.3. The maximum atomic E-state index is 12.2. The van der Waals surface area contributed by atoms with Crippen LogP contribution in [0.15, 0.2) is 36.7 Å². The zero-order valence-corrected chi connectivity index (χ0v) is 13.3. The van der Waals surface area contributed by atoms with Crippen LogP contribution in [-0.2, 0) is 4.74 Å². The minimum absolute atomic E-state index is 0.0275. The van der Waals surface area contributed by atoms with E-state index >= 15 is 0 Å². The lowest BCUT2D eigenvalue weighted by atomic mass is 10.2. The summed E-state index contributed by atoms with van der Waals surface area (Å²) in [6, 6.07) is 7.28. The predicted molar refractivity (Wildman–Crippen MR) is 88.3 cm³/mol. The summed E-state index contributed by atoms with van der Waals surface area (Å²) >= 11 is 0. The molecule has 8 heteroatoms. The third-order valence-corrected chi connectivity index (χ3v) is 3.10. The summed E-state index contributed by atoms with van der Waals surface area (Å²) in [4.78, 5) is 30.5. The summed E-state index contributed by atoms with van der Waals surface area (Å²) in [5, 5.41) is 14.8. The van der Waals surface area contributed by atoms with Crippen molar-refractivity contribution >= 4 is 23.3 Å². The molecule has 8 nitrogen and oxygen atoms in total. The topological polar surface area (TPSA) is 113 Å². The van der Waals surface area contributed by atoms with Gasteiger partial charge in [-0.3, -0.25) is 4.79 Å². The van der Waals surface area contributed by atoms with E-state index in [2.05, 4.69) is 20.6 Å². The summed E-state index contributed by atoms with van der Waals surface area (Å²) in [7, 11) is 1.62. The number of hydrogen-bond acceptors (Lipinski definition) is 6. The minimum Gasteiger partial charge on any atom is -0.476 e. The quantitative estimate of drug-likeness (QED) is 0.710. The lowest BCUT2D eigenvalue weighted by molar-refractivity contribution is 0.0689. The number of aromatic carboxylic acids is 1. The summed E-state index contributed by atoms with van der Waals surface area (Å²) < 4.78 is 5.08. The zero-order chi connectivity index (χ0) is 17.5. The second-order valence-corrected chi connectivity index (χ2v) is 5.09. The van der Waals surface area contributed by atoms with Gasteiger partial charge < -0.3 is 20.5 Å². The molecule has 1 amide bonds. The van der Waals surface area contributed by atoms with Gasteiger partial charge in [0.25, 0.3) is 5.91 Å². The van der Waals surface area contributed by atoms with Gasteiger partial charge in [-0.25, -0.2) is 14.8 Å². The van der Waals surface area contributed by atoms with Crippen molar-refractivity contribution < 1.29 is 19.4 Å². The van der Waals surface area contributed by atoms with E-state index in [-0.39, 0.29) is 17.4 Å². The predicted octanol–water partition coefficient (Wildman–Crippen LogP) is 1.87. The molecule has 24 heavy (non-hydrogen) atoms. The number of nitrogens with zero attached hydrogens (tertiary/aromatic N) is 2. The minimum atomic E-state index is -1.20.